The summed E-state index contributed by atoms with van der Waals surface area (Å²) in [5.41, 5.74) is 0. The van der Waals surface area contributed by atoms with Crippen molar-refractivity contribution < 1.29 is 35.1 Å². The van der Waals surface area contributed by atoms with Gasteiger partial charge in [-0.3, -0.25) is 0 Å². The van der Waals surface area contributed by atoms with Gasteiger partial charge in [0, 0.05) is 0 Å². The highest BCUT2D eigenvalue weighted by Crippen LogP contribution is 2.47. The Bertz CT molecular complexity index is 217. The molecule has 0 aliphatic heterocycles. The van der Waals surface area contributed by atoms with Gasteiger partial charge in [0.1, 0.15) is 0 Å². The van der Waals surface area contributed by atoms with Crippen molar-refractivity contribution in [3.8, 4) is 0 Å². The molecule has 0 saturated carbocycles. The van der Waals surface area contributed by atoms with Gasteiger partial charge >= 0.3 is 12.4 Å². The standard InChI is InChI=1S/C5HF8I/c6-3(7)1(14)2(4(8,9)10)5(11,12)13/h2H. The van der Waals surface area contributed by atoms with Crippen LogP contribution in [0.15, 0.2) is 9.66 Å². The van der Waals surface area contributed by atoms with Crippen LogP contribution in [0.2, 0.25) is 0 Å². The molecule has 0 fully saturated rings. The zero-order valence-corrected chi connectivity index (χ0v) is 8.14. The Morgan fingerprint density at radius 3 is 1.21 bits per heavy atom. The smallest absolute Gasteiger partial charge is 0.173 e. The average Bonchev–Trinajstić information content (AvgIpc) is 1.79. The molecule has 0 aliphatic carbocycles. The lowest BCUT2D eigenvalue weighted by Gasteiger charge is -2.21. The molecule has 0 aromatic carbocycles. The summed E-state index contributed by atoms with van der Waals surface area (Å²) in [5, 5.41) is 0. The molecule has 0 N–H and O–H groups in total. The lowest BCUT2D eigenvalue weighted by Crippen LogP contribution is -2.36. The van der Waals surface area contributed by atoms with E-state index in [9.17, 15) is 35.1 Å². The summed E-state index contributed by atoms with van der Waals surface area (Å²) in [6.45, 7) is 0. The Labute approximate surface area is 86.1 Å². The minimum Gasteiger partial charge on any atom is -0.173 e. The van der Waals surface area contributed by atoms with E-state index in [1.165, 1.54) is 0 Å². The zero-order chi connectivity index (χ0) is 11.7. The van der Waals surface area contributed by atoms with Crippen LogP contribution in [-0.2, 0) is 0 Å². The molecule has 0 aromatic heterocycles. The summed E-state index contributed by atoms with van der Waals surface area (Å²) in [4.78, 5) is 0. The summed E-state index contributed by atoms with van der Waals surface area (Å²) >= 11 is 0.334. The lowest BCUT2D eigenvalue weighted by atomic mass is 10.1. The van der Waals surface area contributed by atoms with Crippen molar-refractivity contribution in [1.29, 1.82) is 0 Å². The second kappa shape index (κ2) is 4.19. The third-order valence-electron chi connectivity index (χ3n) is 1.09. The van der Waals surface area contributed by atoms with E-state index in [2.05, 4.69) is 0 Å². The molecule has 0 atom stereocenters. The van der Waals surface area contributed by atoms with Gasteiger partial charge < -0.3 is 0 Å². The quantitative estimate of drug-likeness (QED) is 0.494. The third-order valence-corrected chi connectivity index (χ3v) is 2.12. The van der Waals surface area contributed by atoms with E-state index in [0.717, 1.165) is 0 Å². The van der Waals surface area contributed by atoms with E-state index in [1.54, 1.807) is 0 Å². The highest BCUT2D eigenvalue weighted by molar-refractivity contribution is 14.1. The number of allylic oxidation sites excluding steroid dienone is 1. The molecule has 0 aromatic rings. The highest BCUT2D eigenvalue weighted by Gasteiger charge is 2.59. The van der Waals surface area contributed by atoms with Crippen LogP contribution in [0.4, 0.5) is 35.1 Å². The Kier molecular flexibility index (Phi) is 4.16. The van der Waals surface area contributed by atoms with Gasteiger partial charge in [0.2, 0.25) is 0 Å². The predicted octanol–water partition coefficient (Wildman–Crippen LogP) is 4.27. The number of rotatable bonds is 1. The van der Waals surface area contributed by atoms with Crippen LogP contribution < -0.4 is 0 Å². The van der Waals surface area contributed by atoms with Crippen LogP contribution >= 0.6 is 22.6 Å². The van der Waals surface area contributed by atoms with Crippen LogP contribution in [0.25, 0.3) is 0 Å². The monoisotopic (exact) mass is 340 g/mol. The highest BCUT2D eigenvalue weighted by atomic mass is 127. The third kappa shape index (κ3) is 3.58. The van der Waals surface area contributed by atoms with Crippen LogP contribution in [0.5, 0.6) is 0 Å². The van der Waals surface area contributed by atoms with Crippen LogP contribution in [0.1, 0.15) is 0 Å². The van der Waals surface area contributed by atoms with E-state index >= 15 is 0 Å². The molecule has 0 saturated heterocycles. The van der Waals surface area contributed by atoms with Gasteiger partial charge in [-0.15, -0.1) is 0 Å². The summed E-state index contributed by atoms with van der Waals surface area (Å²) in [5.74, 6) is -4.11. The van der Waals surface area contributed by atoms with Gasteiger partial charge in [0.05, 0.1) is 3.58 Å². The van der Waals surface area contributed by atoms with Gasteiger partial charge in [-0.2, -0.15) is 35.1 Å². The maximum atomic E-state index is 11.7. The Morgan fingerprint density at radius 2 is 1.14 bits per heavy atom. The molecular formula is C5HF8I. The van der Waals surface area contributed by atoms with E-state index in [-0.39, 0.29) is 0 Å². The first kappa shape index (κ1) is 13.9. The van der Waals surface area contributed by atoms with Gasteiger partial charge in [-0.05, 0) is 22.6 Å². The summed E-state index contributed by atoms with van der Waals surface area (Å²) in [7, 11) is 0. The van der Waals surface area contributed by atoms with Crippen molar-refractivity contribution in [2.75, 3.05) is 0 Å². The molecule has 0 spiro atoms. The molecule has 0 amide bonds. The van der Waals surface area contributed by atoms with Crippen molar-refractivity contribution >= 4 is 22.6 Å². The van der Waals surface area contributed by atoms with Crippen molar-refractivity contribution in [2.45, 2.75) is 12.4 Å². The average molecular weight is 340 g/mol. The molecule has 0 aliphatic rings. The number of hydrogen-bond acceptors (Lipinski definition) is 0. The Hall–Kier alpha value is -0.0900. The van der Waals surface area contributed by atoms with E-state index in [4.69, 9.17) is 0 Å². The number of alkyl halides is 6. The van der Waals surface area contributed by atoms with Crippen molar-refractivity contribution in [1.82, 2.24) is 0 Å². The van der Waals surface area contributed by atoms with Gasteiger partial charge in [-0.1, -0.05) is 0 Å². The topological polar surface area (TPSA) is 0 Å². The van der Waals surface area contributed by atoms with Gasteiger partial charge in [-0.25, -0.2) is 0 Å². The Balaban J connectivity index is 5.27. The summed E-state index contributed by atoms with van der Waals surface area (Å²) < 4.78 is 91.6. The predicted molar refractivity (Wildman–Crippen MR) is 38.9 cm³/mol. The first-order valence-electron chi connectivity index (χ1n) is 2.82. The molecule has 9 heteroatoms. The van der Waals surface area contributed by atoms with E-state index in [1.807, 2.05) is 0 Å². The maximum Gasteiger partial charge on any atom is 0.405 e. The van der Waals surface area contributed by atoms with Crippen molar-refractivity contribution in [2.24, 2.45) is 5.92 Å². The second-order valence-electron chi connectivity index (χ2n) is 2.12. The van der Waals surface area contributed by atoms with E-state index < -0.39 is 27.9 Å². The minimum atomic E-state index is -5.77. The lowest BCUT2D eigenvalue weighted by molar-refractivity contribution is -0.269. The molecule has 14 heavy (non-hydrogen) atoms. The fourth-order valence-corrected chi connectivity index (χ4v) is 1.29. The van der Waals surface area contributed by atoms with Crippen LogP contribution in [-0.4, -0.2) is 12.4 Å². The summed E-state index contributed by atoms with van der Waals surface area (Å²) in [6.07, 6.45) is -14.5. The van der Waals surface area contributed by atoms with Gasteiger partial charge in [0.25, 0.3) is 6.08 Å². The summed E-state index contributed by atoms with van der Waals surface area (Å²) in [6, 6.07) is 0. The van der Waals surface area contributed by atoms with Crippen molar-refractivity contribution in [3.63, 3.8) is 0 Å². The van der Waals surface area contributed by atoms with Gasteiger partial charge in [0.15, 0.2) is 5.92 Å². The zero-order valence-electron chi connectivity index (χ0n) is 5.98. The first-order valence-corrected chi connectivity index (χ1v) is 3.90. The molecular weight excluding hydrogens is 339 g/mol. The van der Waals surface area contributed by atoms with E-state index in [0.29, 0.717) is 22.6 Å². The van der Waals surface area contributed by atoms with Crippen LogP contribution in [0, 0.1) is 5.92 Å². The number of halogens is 9. The van der Waals surface area contributed by atoms with Crippen LogP contribution in [0.3, 0.4) is 0 Å². The molecule has 84 valence electrons. The Morgan fingerprint density at radius 1 is 0.857 bits per heavy atom. The molecule has 0 nitrogen and oxygen atoms in total. The maximum absolute atomic E-state index is 11.7. The molecule has 0 rings (SSSR count). The van der Waals surface area contributed by atoms with Crippen molar-refractivity contribution in [3.05, 3.63) is 9.66 Å². The molecule has 0 heterocycles. The molecule has 0 bridgehead atoms. The normalized spacial score (nSPS) is 13.3. The fraction of sp³-hybridized carbons (Fsp3) is 0.600. The minimum absolute atomic E-state index is 0.334. The number of hydrogen-bond donors (Lipinski definition) is 0. The first-order chi connectivity index (χ1) is 5.98. The second-order valence-corrected chi connectivity index (χ2v) is 3.29. The largest absolute Gasteiger partial charge is 0.405 e. The SMILES string of the molecule is FC(F)=C(I)C(C(F)(F)F)C(F)(F)F. The molecule has 0 radical (unpaired) electrons. The molecule has 0 unspecified atom stereocenters. The fourth-order valence-electron chi connectivity index (χ4n) is 0.582.